The van der Waals surface area contributed by atoms with Crippen LogP contribution in [-0.4, -0.2) is 30.7 Å². The molecule has 0 atom stereocenters. The van der Waals surface area contributed by atoms with Crippen LogP contribution in [0.1, 0.15) is 12.8 Å². The number of hydrogen-bond donors (Lipinski definition) is 3. The monoisotopic (exact) mass is 256 g/mol. The molecule has 0 bridgehead atoms. The van der Waals surface area contributed by atoms with Crippen LogP contribution in [-0.2, 0) is 4.79 Å². The number of halogens is 1. The maximum Gasteiger partial charge on any atom is 0.238 e. The van der Waals surface area contributed by atoms with Crippen LogP contribution in [0.4, 0.5) is 5.69 Å². The lowest BCUT2D eigenvalue weighted by Gasteiger charge is -2.06. The first-order valence-electron chi connectivity index (χ1n) is 5.59. The number of amides is 1. The number of anilines is 1. The molecule has 1 aromatic rings. The van der Waals surface area contributed by atoms with Gasteiger partial charge in [0.15, 0.2) is 0 Å². The smallest absolute Gasteiger partial charge is 0.238 e. The maximum atomic E-state index is 11.5. The molecule has 1 amide bonds. The summed E-state index contributed by atoms with van der Waals surface area (Å²) in [5, 5.41) is 15.0. The first-order chi connectivity index (χ1) is 8.22. The molecule has 0 aliphatic carbocycles. The predicted octanol–water partition coefficient (Wildman–Crippen LogP) is 1.64. The Morgan fingerprint density at radius 2 is 1.94 bits per heavy atom. The second kappa shape index (κ2) is 8.06. The van der Waals surface area contributed by atoms with E-state index >= 15 is 0 Å². The highest BCUT2D eigenvalue weighted by Gasteiger charge is 2.01. The highest BCUT2D eigenvalue weighted by molar-refractivity contribution is 6.30. The Hall–Kier alpha value is -1.10. The van der Waals surface area contributed by atoms with Crippen LogP contribution in [0.2, 0.25) is 5.02 Å². The van der Waals surface area contributed by atoms with Gasteiger partial charge in [-0.05, 0) is 43.7 Å². The minimum Gasteiger partial charge on any atom is -0.396 e. The summed E-state index contributed by atoms with van der Waals surface area (Å²) in [6, 6.07) is 6.97. The van der Waals surface area contributed by atoms with Crippen molar-refractivity contribution in [3.63, 3.8) is 0 Å². The van der Waals surface area contributed by atoms with Crippen molar-refractivity contribution in [2.75, 3.05) is 25.0 Å². The zero-order valence-corrected chi connectivity index (χ0v) is 10.3. The van der Waals surface area contributed by atoms with Crippen molar-refractivity contribution in [1.29, 1.82) is 0 Å². The average molecular weight is 257 g/mol. The number of benzene rings is 1. The summed E-state index contributed by atoms with van der Waals surface area (Å²) in [4.78, 5) is 11.5. The second-order valence-corrected chi connectivity index (χ2v) is 4.10. The number of carbonyl (C=O) groups excluding carboxylic acids is 1. The molecule has 17 heavy (non-hydrogen) atoms. The van der Waals surface area contributed by atoms with Crippen molar-refractivity contribution in [3.8, 4) is 0 Å². The van der Waals surface area contributed by atoms with Gasteiger partial charge in [0.05, 0.1) is 6.54 Å². The molecule has 1 aromatic carbocycles. The van der Waals surface area contributed by atoms with Gasteiger partial charge in [-0.1, -0.05) is 11.6 Å². The average Bonchev–Trinajstić information content (AvgIpc) is 2.32. The van der Waals surface area contributed by atoms with Crippen LogP contribution in [0.5, 0.6) is 0 Å². The Morgan fingerprint density at radius 3 is 2.59 bits per heavy atom. The van der Waals surface area contributed by atoms with E-state index in [0.717, 1.165) is 25.1 Å². The number of aliphatic hydroxyl groups excluding tert-OH is 1. The molecule has 0 saturated carbocycles. The molecule has 4 nitrogen and oxygen atoms in total. The van der Waals surface area contributed by atoms with Crippen LogP contribution in [0, 0.1) is 0 Å². The van der Waals surface area contributed by atoms with Crippen molar-refractivity contribution in [2.45, 2.75) is 12.8 Å². The molecular weight excluding hydrogens is 240 g/mol. The standard InChI is InChI=1S/C12H17ClN2O2/c13-10-3-5-11(6-4-10)15-12(17)9-14-7-1-2-8-16/h3-6,14,16H,1-2,7-9H2,(H,15,17). The first kappa shape index (κ1) is 14.0. The molecule has 0 spiro atoms. The Morgan fingerprint density at radius 1 is 1.24 bits per heavy atom. The zero-order valence-electron chi connectivity index (χ0n) is 9.58. The molecule has 0 fully saturated rings. The molecule has 0 heterocycles. The number of aliphatic hydroxyl groups is 1. The van der Waals surface area contributed by atoms with E-state index in [2.05, 4.69) is 10.6 Å². The second-order valence-electron chi connectivity index (χ2n) is 3.66. The number of hydrogen-bond acceptors (Lipinski definition) is 3. The Kier molecular flexibility index (Phi) is 6.62. The largest absolute Gasteiger partial charge is 0.396 e. The van der Waals surface area contributed by atoms with Gasteiger partial charge >= 0.3 is 0 Å². The molecule has 94 valence electrons. The summed E-state index contributed by atoms with van der Waals surface area (Å²) in [5.41, 5.74) is 0.733. The molecule has 0 unspecified atom stereocenters. The molecular formula is C12H17ClN2O2. The van der Waals surface area contributed by atoms with E-state index < -0.39 is 0 Å². The summed E-state index contributed by atoms with van der Waals surface area (Å²) >= 11 is 5.73. The summed E-state index contributed by atoms with van der Waals surface area (Å²) in [7, 11) is 0. The fourth-order valence-electron chi connectivity index (χ4n) is 1.30. The Labute approximate surface area is 106 Å². The van der Waals surface area contributed by atoms with E-state index in [4.69, 9.17) is 16.7 Å². The summed E-state index contributed by atoms with van der Waals surface area (Å²) in [6.07, 6.45) is 1.62. The first-order valence-corrected chi connectivity index (χ1v) is 5.97. The van der Waals surface area contributed by atoms with Gasteiger partial charge in [-0.3, -0.25) is 4.79 Å². The van der Waals surface area contributed by atoms with Gasteiger partial charge in [0.2, 0.25) is 5.91 Å². The van der Waals surface area contributed by atoms with Gasteiger partial charge in [-0.15, -0.1) is 0 Å². The molecule has 0 aliphatic rings. The van der Waals surface area contributed by atoms with Crippen molar-refractivity contribution in [1.82, 2.24) is 5.32 Å². The third kappa shape index (κ3) is 6.26. The highest BCUT2D eigenvalue weighted by Crippen LogP contribution is 2.12. The quantitative estimate of drug-likeness (QED) is 0.650. The summed E-state index contributed by atoms with van der Waals surface area (Å²) in [6.45, 7) is 1.20. The fraction of sp³-hybridized carbons (Fsp3) is 0.417. The van der Waals surface area contributed by atoms with E-state index in [1.54, 1.807) is 24.3 Å². The summed E-state index contributed by atoms with van der Waals surface area (Å²) in [5.74, 6) is -0.0867. The zero-order chi connectivity index (χ0) is 12.5. The van der Waals surface area contributed by atoms with Gasteiger partial charge in [-0.2, -0.15) is 0 Å². The minimum atomic E-state index is -0.0867. The number of unbranched alkanes of at least 4 members (excludes halogenated alkanes) is 1. The van der Waals surface area contributed by atoms with E-state index in [9.17, 15) is 4.79 Å². The van der Waals surface area contributed by atoms with E-state index in [0.29, 0.717) is 5.02 Å². The Balaban J connectivity index is 2.18. The molecule has 0 aromatic heterocycles. The molecule has 1 rings (SSSR count). The molecule has 3 N–H and O–H groups in total. The molecule has 5 heteroatoms. The third-order valence-corrected chi connectivity index (χ3v) is 2.43. The van der Waals surface area contributed by atoms with Gasteiger partial charge in [0.25, 0.3) is 0 Å². The lowest BCUT2D eigenvalue weighted by molar-refractivity contribution is -0.115. The number of nitrogens with one attached hydrogen (secondary N) is 2. The van der Waals surface area contributed by atoms with Crippen LogP contribution in [0.3, 0.4) is 0 Å². The van der Waals surface area contributed by atoms with Crippen LogP contribution in [0.15, 0.2) is 24.3 Å². The van der Waals surface area contributed by atoms with Crippen molar-refractivity contribution >= 4 is 23.2 Å². The van der Waals surface area contributed by atoms with Crippen molar-refractivity contribution < 1.29 is 9.90 Å². The predicted molar refractivity (Wildman–Crippen MR) is 69.3 cm³/mol. The topological polar surface area (TPSA) is 61.4 Å². The lowest BCUT2D eigenvalue weighted by atomic mass is 10.3. The van der Waals surface area contributed by atoms with Gasteiger partial charge in [0, 0.05) is 17.3 Å². The maximum absolute atomic E-state index is 11.5. The fourth-order valence-corrected chi connectivity index (χ4v) is 1.43. The van der Waals surface area contributed by atoms with Gasteiger partial charge < -0.3 is 15.7 Å². The van der Waals surface area contributed by atoms with Gasteiger partial charge in [-0.25, -0.2) is 0 Å². The molecule has 0 saturated heterocycles. The third-order valence-electron chi connectivity index (χ3n) is 2.18. The van der Waals surface area contributed by atoms with E-state index in [1.807, 2.05) is 0 Å². The summed E-state index contributed by atoms with van der Waals surface area (Å²) < 4.78 is 0. The number of carbonyl (C=O) groups is 1. The molecule has 0 radical (unpaired) electrons. The van der Waals surface area contributed by atoms with E-state index in [1.165, 1.54) is 0 Å². The number of rotatable bonds is 7. The minimum absolute atomic E-state index is 0.0867. The normalized spacial score (nSPS) is 10.2. The Bertz CT molecular complexity index is 341. The van der Waals surface area contributed by atoms with Crippen LogP contribution < -0.4 is 10.6 Å². The van der Waals surface area contributed by atoms with Crippen molar-refractivity contribution in [3.05, 3.63) is 29.3 Å². The molecule has 0 aliphatic heterocycles. The van der Waals surface area contributed by atoms with Gasteiger partial charge in [0.1, 0.15) is 0 Å². The van der Waals surface area contributed by atoms with Crippen LogP contribution in [0.25, 0.3) is 0 Å². The highest BCUT2D eigenvalue weighted by atomic mass is 35.5. The van der Waals surface area contributed by atoms with E-state index in [-0.39, 0.29) is 19.1 Å². The van der Waals surface area contributed by atoms with Crippen LogP contribution >= 0.6 is 11.6 Å². The lowest BCUT2D eigenvalue weighted by Crippen LogP contribution is -2.28. The van der Waals surface area contributed by atoms with Crippen molar-refractivity contribution in [2.24, 2.45) is 0 Å². The SMILES string of the molecule is O=C(CNCCCCO)Nc1ccc(Cl)cc1.